The monoisotopic (exact) mass is 228 g/mol. The van der Waals surface area contributed by atoms with Crippen molar-refractivity contribution in [2.75, 3.05) is 0 Å². The number of aliphatic hydroxyl groups is 1. The van der Waals surface area contributed by atoms with Crippen molar-refractivity contribution < 1.29 is 9.84 Å². The lowest BCUT2D eigenvalue weighted by Crippen LogP contribution is -2.36. The van der Waals surface area contributed by atoms with Crippen molar-refractivity contribution in [1.82, 2.24) is 0 Å². The first-order chi connectivity index (χ1) is 7.45. The van der Waals surface area contributed by atoms with E-state index in [2.05, 4.69) is 27.7 Å². The van der Waals surface area contributed by atoms with Crippen LogP contribution in [0.15, 0.2) is 0 Å². The van der Waals surface area contributed by atoms with Crippen LogP contribution in [0, 0.1) is 11.3 Å². The summed E-state index contributed by atoms with van der Waals surface area (Å²) in [4.78, 5) is 0. The zero-order valence-corrected chi connectivity index (χ0v) is 11.3. The van der Waals surface area contributed by atoms with E-state index in [1.807, 2.05) is 0 Å². The second kappa shape index (κ2) is 6.02. The highest BCUT2D eigenvalue weighted by Gasteiger charge is 2.32. The molecule has 16 heavy (non-hydrogen) atoms. The minimum Gasteiger partial charge on any atom is -0.368 e. The van der Waals surface area contributed by atoms with Gasteiger partial charge in [-0.15, -0.1) is 0 Å². The van der Waals surface area contributed by atoms with Crippen molar-refractivity contribution in [3.63, 3.8) is 0 Å². The van der Waals surface area contributed by atoms with Crippen molar-refractivity contribution in [1.29, 1.82) is 0 Å². The van der Waals surface area contributed by atoms with Gasteiger partial charge >= 0.3 is 0 Å². The Bertz CT molecular complexity index is 189. The summed E-state index contributed by atoms with van der Waals surface area (Å²) in [5, 5.41) is 10.2. The number of rotatable bonds is 4. The summed E-state index contributed by atoms with van der Waals surface area (Å²) in [5.41, 5.74) is 0.114. The molecular formula is C14H28O2. The fourth-order valence-electron chi connectivity index (χ4n) is 2.73. The fraction of sp³-hybridized carbons (Fsp3) is 1.00. The molecule has 1 aliphatic carbocycles. The van der Waals surface area contributed by atoms with Crippen molar-refractivity contribution in [2.24, 2.45) is 11.3 Å². The predicted molar refractivity (Wildman–Crippen MR) is 67.2 cm³/mol. The van der Waals surface area contributed by atoms with Crippen LogP contribution in [0.1, 0.15) is 66.2 Å². The smallest absolute Gasteiger partial charge is 0.158 e. The van der Waals surface area contributed by atoms with E-state index in [0.29, 0.717) is 6.10 Å². The van der Waals surface area contributed by atoms with Crippen LogP contribution in [0.25, 0.3) is 0 Å². The molecule has 1 aliphatic rings. The second-order valence-corrected chi connectivity index (χ2v) is 6.17. The van der Waals surface area contributed by atoms with Crippen LogP contribution in [0.4, 0.5) is 0 Å². The molecule has 0 spiro atoms. The summed E-state index contributed by atoms with van der Waals surface area (Å²) in [6.07, 6.45) is 6.75. The van der Waals surface area contributed by atoms with Crippen LogP contribution in [-0.4, -0.2) is 17.5 Å². The maximum Gasteiger partial charge on any atom is 0.158 e. The lowest BCUT2D eigenvalue weighted by atomic mass is 9.78. The van der Waals surface area contributed by atoms with Gasteiger partial charge in [-0.3, -0.25) is 0 Å². The normalized spacial score (nSPS) is 23.1. The molecule has 2 heteroatoms. The maximum absolute atomic E-state index is 10.2. The third-order valence-corrected chi connectivity index (χ3v) is 3.78. The molecule has 1 saturated carbocycles. The first kappa shape index (κ1) is 14.0. The van der Waals surface area contributed by atoms with Crippen LogP contribution in [0.3, 0.4) is 0 Å². The lowest BCUT2D eigenvalue weighted by molar-refractivity contribution is -0.190. The van der Waals surface area contributed by atoms with Gasteiger partial charge in [-0.2, -0.15) is 0 Å². The first-order valence-corrected chi connectivity index (χ1v) is 6.78. The van der Waals surface area contributed by atoms with Gasteiger partial charge in [-0.05, 0) is 24.7 Å². The Labute approximate surface area is 100 Å². The summed E-state index contributed by atoms with van der Waals surface area (Å²) in [5.74, 6) is 0.231. The van der Waals surface area contributed by atoms with E-state index in [1.165, 1.54) is 19.3 Å². The van der Waals surface area contributed by atoms with Gasteiger partial charge in [-0.25, -0.2) is 0 Å². The summed E-state index contributed by atoms with van der Waals surface area (Å²) in [6, 6.07) is 0. The molecule has 0 aromatic rings. The molecular weight excluding hydrogens is 200 g/mol. The van der Waals surface area contributed by atoms with Crippen LogP contribution >= 0.6 is 0 Å². The van der Waals surface area contributed by atoms with E-state index < -0.39 is 6.29 Å². The molecule has 2 unspecified atom stereocenters. The van der Waals surface area contributed by atoms with E-state index in [4.69, 9.17) is 4.74 Å². The highest BCUT2D eigenvalue weighted by atomic mass is 16.6. The van der Waals surface area contributed by atoms with Gasteiger partial charge in [0.2, 0.25) is 0 Å². The Morgan fingerprint density at radius 3 is 2.19 bits per heavy atom. The van der Waals surface area contributed by atoms with Crippen LogP contribution in [0.5, 0.6) is 0 Å². The van der Waals surface area contributed by atoms with Gasteiger partial charge < -0.3 is 9.84 Å². The molecule has 0 aromatic heterocycles. The molecule has 96 valence electrons. The fourth-order valence-corrected chi connectivity index (χ4v) is 2.73. The molecule has 1 rings (SSSR count). The van der Waals surface area contributed by atoms with Gasteiger partial charge in [0.15, 0.2) is 6.29 Å². The number of hydrogen-bond donors (Lipinski definition) is 1. The molecule has 0 saturated heterocycles. The Balaban J connectivity index is 2.45. The molecule has 2 nitrogen and oxygen atoms in total. The summed E-state index contributed by atoms with van der Waals surface area (Å²) in [7, 11) is 0. The molecule has 0 radical (unpaired) electrons. The van der Waals surface area contributed by atoms with E-state index in [-0.39, 0.29) is 11.3 Å². The Hall–Kier alpha value is -0.0800. The Morgan fingerprint density at radius 2 is 1.75 bits per heavy atom. The van der Waals surface area contributed by atoms with E-state index in [1.54, 1.807) is 0 Å². The molecule has 0 heterocycles. The standard InChI is InChI=1S/C14H28O2/c1-5-12(14(2,3)4)13(15)16-11-9-7-6-8-10-11/h11-13,15H,5-10H2,1-4H3. The van der Waals surface area contributed by atoms with Crippen molar-refractivity contribution in [2.45, 2.75) is 78.6 Å². The molecule has 0 aliphatic heterocycles. The molecule has 0 aromatic carbocycles. The van der Waals surface area contributed by atoms with Gasteiger partial charge in [0.05, 0.1) is 6.10 Å². The van der Waals surface area contributed by atoms with Crippen molar-refractivity contribution in [3.05, 3.63) is 0 Å². The first-order valence-electron chi connectivity index (χ1n) is 6.78. The summed E-state index contributed by atoms with van der Waals surface area (Å²) < 4.78 is 5.83. The minimum absolute atomic E-state index is 0.114. The van der Waals surface area contributed by atoms with E-state index in [9.17, 15) is 5.11 Å². The average molecular weight is 228 g/mol. The molecule has 1 N–H and O–H groups in total. The Morgan fingerprint density at radius 1 is 1.19 bits per heavy atom. The van der Waals surface area contributed by atoms with Crippen molar-refractivity contribution >= 4 is 0 Å². The zero-order chi connectivity index (χ0) is 12.2. The average Bonchev–Trinajstić information content (AvgIpc) is 2.17. The van der Waals surface area contributed by atoms with Crippen molar-refractivity contribution in [3.8, 4) is 0 Å². The highest BCUT2D eigenvalue weighted by molar-refractivity contribution is 4.76. The van der Waals surface area contributed by atoms with Crippen LogP contribution in [-0.2, 0) is 4.74 Å². The Kier molecular flexibility index (Phi) is 5.26. The van der Waals surface area contributed by atoms with Gasteiger partial charge in [-0.1, -0.05) is 47.0 Å². The highest BCUT2D eigenvalue weighted by Crippen LogP contribution is 2.33. The predicted octanol–water partition coefficient (Wildman–Crippen LogP) is 3.73. The van der Waals surface area contributed by atoms with Gasteiger partial charge in [0.25, 0.3) is 0 Å². The van der Waals surface area contributed by atoms with Crippen LogP contribution in [0.2, 0.25) is 0 Å². The largest absolute Gasteiger partial charge is 0.368 e. The molecule has 0 amide bonds. The third kappa shape index (κ3) is 4.06. The SMILES string of the molecule is CCC(C(O)OC1CCCCC1)C(C)(C)C. The third-order valence-electron chi connectivity index (χ3n) is 3.78. The quantitative estimate of drug-likeness (QED) is 0.743. The van der Waals surface area contributed by atoms with E-state index >= 15 is 0 Å². The topological polar surface area (TPSA) is 29.5 Å². The minimum atomic E-state index is -0.590. The van der Waals surface area contributed by atoms with E-state index in [0.717, 1.165) is 19.3 Å². The number of aliphatic hydroxyl groups excluding tert-OH is 1. The van der Waals surface area contributed by atoms with Gasteiger partial charge in [0, 0.05) is 5.92 Å². The van der Waals surface area contributed by atoms with Crippen LogP contribution < -0.4 is 0 Å². The number of hydrogen-bond acceptors (Lipinski definition) is 2. The molecule has 0 bridgehead atoms. The second-order valence-electron chi connectivity index (χ2n) is 6.17. The summed E-state index contributed by atoms with van der Waals surface area (Å²) in [6.45, 7) is 8.65. The maximum atomic E-state index is 10.2. The van der Waals surface area contributed by atoms with Gasteiger partial charge in [0.1, 0.15) is 0 Å². The molecule has 2 atom stereocenters. The lowest BCUT2D eigenvalue weighted by Gasteiger charge is -2.36. The number of ether oxygens (including phenoxy) is 1. The molecule has 1 fully saturated rings. The zero-order valence-electron chi connectivity index (χ0n) is 11.3. The summed E-state index contributed by atoms with van der Waals surface area (Å²) >= 11 is 0.